The molecular formula is C18H23FO3. The average molecular weight is 306 g/mol. The zero-order chi connectivity index (χ0) is 16.9. The maximum Gasteiger partial charge on any atom is 0.315 e. The molecule has 0 aromatic heterocycles. The first-order valence-electron chi connectivity index (χ1n) is 7.35. The number of hydrogen-bond acceptors (Lipinski definition) is 2. The van der Waals surface area contributed by atoms with Gasteiger partial charge < -0.3 is 9.84 Å². The predicted octanol–water partition coefficient (Wildman–Crippen LogP) is 4.00. The summed E-state index contributed by atoms with van der Waals surface area (Å²) >= 11 is 0. The minimum atomic E-state index is -1.24. The van der Waals surface area contributed by atoms with E-state index in [1.807, 2.05) is 13.8 Å². The molecule has 0 saturated heterocycles. The molecule has 0 amide bonds. The number of carboxylic acid groups (broad SMARTS) is 1. The molecule has 0 saturated carbocycles. The number of carbonyl (C=O) groups is 1. The number of halogens is 1. The molecule has 120 valence electrons. The molecule has 0 radical (unpaired) electrons. The number of carboxylic acids is 1. The number of aliphatic carboxylic acids is 1. The van der Waals surface area contributed by atoms with Crippen molar-refractivity contribution in [2.75, 3.05) is 0 Å². The highest BCUT2D eigenvalue weighted by Gasteiger charge is 2.43. The van der Waals surface area contributed by atoms with Crippen molar-refractivity contribution in [3.63, 3.8) is 0 Å². The lowest BCUT2D eigenvalue weighted by molar-refractivity contribution is -0.145. The summed E-state index contributed by atoms with van der Waals surface area (Å²) in [6, 6.07) is 4.36. The maximum absolute atomic E-state index is 14.2. The van der Waals surface area contributed by atoms with Crippen LogP contribution in [0.15, 0.2) is 18.2 Å². The van der Waals surface area contributed by atoms with Crippen molar-refractivity contribution in [2.24, 2.45) is 5.92 Å². The maximum atomic E-state index is 14.2. The Balaban J connectivity index is 3.39. The average Bonchev–Trinajstić information content (AvgIpc) is 2.41. The van der Waals surface area contributed by atoms with Crippen LogP contribution in [0.5, 0.6) is 5.75 Å². The van der Waals surface area contributed by atoms with Crippen LogP contribution in [0.3, 0.4) is 0 Å². The molecule has 0 aliphatic carbocycles. The van der Waals surface area contributed by atoms with Gasteiger partial charge in [-0.2, -0.15) is 0 Å². The third-order valence-corrected chi connectivity index (χ3v) is 3.72. The quantitative estimate of drug-likeness (QED) is 0.808. The Bertz CT molecular complexity index is 596. The first kappa shape index (κ1) is 18.0. The summed E-state index contributed by atoms with van der Waals surface area (Å²) < 4.78 is 19.6. The molecule has 22 heavy (non-hydrogen) atoms. The molecule has 1 unspecified atom stereocenters. The van der Waals surface area contributed by atoms with Gasteiger partial charge in [0.15, 0.2) is 11.6 Å². The van der Waals surface area contributed by atoms with Crippen molar-refractivity contribution in [3.05, 3.63) is 29.6 Å². The van der Waals surface area contributed by atoms with E-state index >= 15 is 0 Å². The number of hydrogen-bond donors (Lipinski definition) is 1. The van der Waals surface area contributed by atoms with E-state index < -0.39 is 17.2 Å². The van der Waals surface area contributed by atoms with Crippen LogP contribution in [0.1, 0.15) is 46.6 Å². The molecule has 1 aromatic rings. The van der Waals surface area contributed by atoms with Crippen LogP contribution in [0.2, 0.25) is 0 Å². The van der Waals surface area contributed by atoms with E-state index in [0.717, 1.165) is 0 Å². The van der Waals surface area contributed by atoms with Gasteiger partial charge in [-0.15, -0.1) is 11.8 Å². The zero-order valence-corrected chi connectivity index (χ0v) is 13.7. The highest BCUT2D eigenvalue weighted by Crippen LogP contribution is 2.38. The number of benzene rings is 1. The monoisotopic (exact) mass is 306 g/mol. The van der Waals surface area contributed by atoms with Crippen LogP contribution in [0, 0.1) is 23.6 Å². The van der Waals surface area contributed by atoms with Gasteiger partial charge in [-0.3, -0.25) is 4.79 Å². The summed E-state index contributed by atoms with van der Waals surface area (Å²) in [5, 5.41) is 9.76. The van der Waals surface area contributed by atoms with Crippen molar-refractivity contribution < 1.29 is 19.0 Å². The van der Waals surface area contributed by atoms with Crippen LogP contribution in [-0.4, -0.2) is 17.2 Å². The Morgan fingerprint density at radius 3 is 2.41 bits per heavy atom. The highest BCUT2D eigenvalue weighted by molar-refractivity contribution is 5.82. The molecule has 1 rings (SSSR count). The molecule has 1 N–H and O–H groups in total. The Morgan fingerprint density at radius 2 is 2.00 bits per heavy atom. The molecule has 1 aromatic carbocycles. The van der Waals surface area contributed by atoms with Gasteiger partial charge in [0.1, 0.15) is 5.41 Å². The molecule has 1 atom stereocenters. The molecule has 0 aliphatic heterocycles. The Labute approximate surface area is 131 Å². The predicted molar refractivity (Wildman–Crippen MR) is 84.4 cm³/mol. The molecule has 0 bridgehead atoms. The molecule has 0 fully saturated rings. The van der Waals surface area contributed by atoms with Gasteiger partial charge in [0.2, 0.25) is 0 Å². The molecule has 0 spiro atoms. The summed E-state index contributed by atoms with van der Waals surface area (Å²) in [7, 11) is 0. The Hall–Kier alpha value is -2.02. The second kappa shape index (κ2) is 7.31. The van der Waals surface area contributed by atoms with Crippen LogP contribution in [0.25, 0.3) is 0 Å². The smallest absolute Gasteiger partial charge is 0.315 e. The number of ether oxygens (including phenoxy) is 1. The van der Waals surface area contributed by atoms with Crippen molar-refractivity contribution >= 4 is 5.97 Å². The van der Waals surface area contributed by atoms with Crippen LogP contribution in [-0.2, 0) is 10.2 Å². The fourth-order valence-corrected chi connectivity index (χ4v) is 2.44. The topological polar surface area (TPSA) is 46.5 Å². The zero-order valence-electron chi connectivity index (χ0n) is 13.7. The van der Waals surface area contributed by atoms with E-state index in [4.69, 9.17) is 4.74 Å². The van der Waals surface area contributed by atoms with E-state index in [2.05, 4.69) is 11.8 Å². The standard InChI is InChI=1S/C18H23FO3/c1-6-7-10-18(12(2)3,17(20)21)14-8-9-16(15(19)11-14)22-13(4)5/h8-9,11-13H,10H2,1-5H3,(H,20,21). The van der Waals surface area contributed by atoms with E-state index in [1.54, 1.807) is 26.8 Å². The van der Waals surface area contributed by atoms with Gasteiger partial charge >= 0.3 is 5.97 Å². The first-order valence-corrected chi connectivity index (χ1v) is 7.35. The second-order valence-electron chi connectivity index (χ2n) is 5.85. The molecular weight excluding hydrogens is 283 g/mol. The van der Waals surface area contributed by atoms with E-state index in [1.165, 1.54) is 12.1 Å². The summed E-state index contributed by atoms with van der Waals surface area (Å²) in [6.07, 6.45) is -0.0130. The second-order valence-corrected chi connectivity index (χ2v) is 5.85. The van der Waals surface area contributed by atoms with Crippen LogP contribution < -0.4 is 4.74 Å². The largest absolute Gasteiger partial charge is 0.488 e. The Morgan fingerprint density at radius 1 is 1.36 bits per heavy atom. The SMILES string of the molecule is CC#CCC(C(=O)O)(c1ccc(OC(C)C)c(F)c1)C(C)C. The van der Waals surface area contributed by atoms with Crippen molar-refractivity contribution in [1.82, 2.24) is 0 Å². The normalized spacial score (nSPS) is 13.5. The van der Waals surface area contributed by atoms with Gasteiger partial charge in [-0.1, -0.05) is 19.9 Å². The van der Waals surface area contributed by atoms with Gasteiger partial charge in [0, 0.05) is 6.42 Å². The molecule has 0 heterocycles. The van der Waals surface area contributed by atoms with Crippen LogP contribution in [0.4, 0.5) is 4.39 Å². The lowest BCUT2D eigenvalue weighted by Crippen LogP contribution is -2.40. The minimum Gasteiger partial charge on any atom is -0.488 e. The van der Waals surface area contributed by atoms with Crippen molar-refractivity contribution in [3.8, 4) is 17.6 Å². The third-order valence-electron chi connectivity index (χ3n) is 3.72. The molecule has 4 heteroatoms. The molecule has 3 nitrogen and oxygen atoms in total. The van der Waals surface area contributed by atoms with E-state index in [0.29, 0.717) is 5.56 Å². The van der Waals surface area contributed by atoms with Crippen LogP contribution >= 0.6 is 0 Å². The summed E-state index contributed by atoms with van der Waals surface area (Å²) in [5.74, 6) is 3.90. The molecule has 0 aliphatic rings. The lowest BCUT2D eigenvalue weighted by Gasteiger charge is -2.32. The van der Waals surface area contributed by atoms with Crippen molar-refractivity contribution in [1.29, 1.82) is 0 Å². The number of rotatable bonds is 6. The van der Waals surface area contributed by atoms with E-state index in [-0.39, 0.29) is 24.2 Å². The summed E-state index contributed by atoms with van der Waals surface area (Å²) in [5.41, 5.74) is -0.827. The third kappa shape index (κ3) is 3.59. The first-order chi connectivity index (χ1) is 10.3. The van der Waals surface area contributed by atoms with E-state index in [9.17, 15) is 14.3 Å². The van der Waals surface area contributed by atoms with Gasteiger partial charge in [-0.05, 0) is 44.4 Å². The summed E-state index contributed by atoms with van der Waals surface area (Å²) in [6.45, 7) is 8.89. The lowest BCUT2D eigenvalue weighted by atomic mass is 9.69. The highest BCUT2D eigenvalue weighted by atomic mass is 19.1. The van der Waals surface area contributed by atoms with Gasteiger partial charge in [0.05, 0.1) is 6.10 Å². The Kier molecular flexibility index (Phi) is 5.99. The van der Waals surface area contributed by atoms with Gasteiger partial charge in [-0.25, -0.2) is 4.39 Å². The van der Waals surface area contributed by atoms with Gasteiger partial charge in [0.25, 0.3) is 0 Å². The fraction of sp³-hybridized carbons (Fsp3) is 0.500. The minimum absolute atomic E-state index is 0.128. The van der Waals surface area contributed by atoms with Crippen molar-refractivity contribution in [2.45, 2.75) is 52.6 Å². The summed E-state index contributed by atoms with van der Waals surface area (Å²) in [4.78, 5) is 11.9. The fourth-order valence-electron chi connectivity index (χ4n) is 2.44.